The lowest BCUT2D eigenvalue weighted by Gasteiger charge is -2.08. The summed E-state index contributed by atoms with van der Waals surface area (Å²) in [6.07, 6.45) is -4.75. The van der Waals surface area contributed by atoms with E-state index in [1.807, 2.05) is 0 Å². The Kier molecular flexibility index (Phi) is 5.13. The van der Waals surface area contributed by atoms with Crippen LogP contribution in [-0.2, 0) is 0 Å². The van der Waals surface area contributed by atoms with Gasteiger partial charge in [-0.2, -0.15) is 0 Å². The molecule has 0 saturated heterocycles. The lowest BCUT2D eigenvalue weighted by atomic mass is 10.0. The maximum atomic E-state index is 14.3. The van der Waals surface area contributed by atoms with Crippen LogP contribution in [0.1, 0.15) is 11.1 Å². The van der Waals surface area contributed by atoms with Crippen molar-refractivity contribution >= 4 is 0 Å². The van der Waals surface area contributed by atoms with Crippen LogP contribution in [0.15, 0.2) is 66.7 Å². The van der Waals surface area contributed by atoms with Crippen molar-refractivity contribution in [2.75, 3.05) is 0 Å². The summed E-state index contributed by atoms with van der Waals surface area (Å²) >= 11 is 0. The average molecular weight is 374 g/mol. The molecule has 3 aromatic carbocycles. The van der Waals surface area contributed by atoms with Crippen molar-refractivity contribution in [3.63, 3.8) is 0 Å². The number of hydrogen-bond donors (Lipinski definition) is 0. The minimum atomic E-state index is -4.75. The van der Waals surface area contributed by atoms with Gasteiger partial charge in [0.05, 0.1) is 0 Å². The van der Waals surface area contributed by atoms with Gasteiger partial charge in [0, 0.05) is 16.7 Å². The second kappa shape index (κ2) is 7.50. The molecule has 0 unspecified atom stereocenters. The van der Waals surface area contributed by atoms with Crippen molar-refractivity contribution in [2.45, 2.75) is 6.36 Å². The van der Waals surface area contributed by atoms with Gasteiger partial charge in [0.2, 0.25) is 0 Å². The zero-order chi connectivity index (χ0) is 19.4. The molecule has 6 heteroatoms. The minimum absolute atomic E-state index is 0.314. The van der Waals surface area contributed by atoms with Crippen LogP contribution in [0.2, 0.25) is 0 Å². The Morgan fingerprint density at radius 3 is 1.89 bits per heavy atom. The fourth-order valence-corrected chi connectivity index (χ4v) is 2.34. The van der Waals surface area contributed by atoms with E-state index in [1.165, 1.54) is 48.5 Å². The summed E-state index contributed by atoms with van der Waals surface area (Å²) in [6.45, 7) is 0. The third kappa shape index (κ3) is 5.08. The first-order valence-electron chi connectivity index (χ1n) is 7.73. The first kappa shape index (κ1) is 18.5. The fourth-order valence-electron chi connectivity index (χ4n) is 2.34. The molecule has 0 bridgehead atoms. The third-order valence-electron chi connectivity index (χ3n) is 3.56. The van der Waals surface area contributed by atoms with Gasteiger partial charge < -0.3 is 4.74 Å². The van der Waals surface area contributed by atoms with E-state index in [0.717, 1.165) is 12.1 Å². The van der Waals surface area contributed by atoms with Gasteiger partial charge in [-0.25, -0.2) is 8.78 Å². The Labute approximate surface area is 152 Å². The highest BCUT2D eigenvalue weighted by atomic mass is 19.4. The van der Waals surface area contributed by atoms with Gasteiger partial charge in [-0.1, -0.05) is 30.0 Å². The zero-order valence-corrected chi connectivity index (χ0v) is 13.6. The number of alkyl halides is 3. The molecule has 27 heavy (non-hydrogen) atoms. The molecule has 0 aliphatic carbocycles. The Balaban J connectivity index is 1.77. The van der Waals surface area contributed by atoms with Gasteiger partial charge in [0.25, 0.3) is 0 Å². The van der Waals surface area contributed by atoms with E-state index in [0.29, 0.717) is 22.3 Å². The van der Waals surface area contributed by atoms with Gasteiger partial charge in [-0.05, 0) is 54.1 Å². The smallest absolute Gasteiger partial charge is 0.406 e. The molecular weight excluding hydrogens is 363 g/mol. The number of rotatable bonds is 2. The number of hydrogen-bond acceptors (Lipinski definition) is 1. The summed E-state index contributed by atoms with van der Waals surface area (Å²) in [5.74, 6) is 4.22. The van der Waals surface area contributed by atoms with Crippen LogP contribution >= 0.6 is 0 Å². The van der Waals surface area contributed by atoms with E-state index in [-0.39, 0.29) is 5.75 Å². The van der Waals surface area contributed by atoms with Crippen molar-refractivity contribution in [1.82, 2.24) is 0 Å². The summed E-state index contributed by atoms with van der Waals surface area (Å²) < 4.78 is 67.4. The molecule has 0 radical (unpaired) electrons. The SMILES string of the molecule is Fc1ccc(-c2ccc(C#Cc3ccc(OC(F)(F)F)cc3)cc2F)cc1. The molecule has 0 amide bonds. The molecule has 0 aromatic heterocycles. The standard InChI is InChI=1S/C21H11F5O/c22-17-8-6-16(7-9-17)19-12-5-15(13-20(19)23)2-1-14-3-10-18(11-4-14)27-21(24,25)26/h3-13H. The van der Waals surface area contributed by atoms with Crippen molar-refractivity contribution in [3.05, 3.63) is 89.5 Å². The second-order valence-corrected chi connectivity index (χ2v) is 5.52. The molecule has 0 fully saturated rings. The van der Waals surface area contributed by atoms with E-state index in [9.17, 15) is 22.0 Å². The Hall–Kier alpha value is -3.33. The van der Waals surface area contributed by atoms with Gasteiger partial charge in [0.1, 0.15) is 17.4 Å². The predicted molar refractivity (Wildman–Crippen MR) is 90.9 cm³/mol. The lowest BCUT2D eigenvalue weighted by Crippen LogP contribution is -2.16. The highest BCUT2D eigenvalue weighted by Gasteiger charge is 2.30. The first-order valence-corrected chi connectivity index (χ1v) is 7.73. The van der Waals surface area contributed by atoms with Gasteiger partial charge >= 0.3 is 6.36 Å². The fraction of sp³-hybridized carbons (Fsp3) is 0.0476. The van der Waals surface area contributed by atoms with E-state index in [2.05, 4.69) is 16.6 Å². The van der Waals surface area contributed by atoms with E-state index < -0.39 is 18.0 Å². The summed E-state index contributed by atoms with van der Waals surface area (Å²) in [6, 6.07) is 14.9. The zero-order valence-electron chi connectivity index (χ0n) is 13.6. The molecule has 3 aromatic rings. The Bertz CT molecular complexity index is 994. The van der Waals surface area contributed by atoms with Gasteiger partial charge in [-0.15, -0.1) is 13.2 Å². The monoisotopic (exact) mass is 374 g/mol. The van der Waals surface area contributed by atoms with E-state index >= 15 is 0 Å². The quantitative estimate of drug-likeness (QED) is 0.399. The molecule has 3 rings (SSSR count). The number of halogens is 5. The lowest BCUT2D eigenvalue weighted by molar-refractivity contribution is -0.274. The van der Waals surface area contributed by atoms with E-state index in [1.54, 1.807) is 6.07 Å². The normalized spacial score (nSPS) is 10.9. The molecule has 0 aliphatic heterocycles. The van der Waals surface area contributed by atoms with Crippen LogP contribution in [0.25, 0.3) is 11.1 Å². The van der Waals surface area contributed by atoms with Crippen molar-refractivity contribution in [1.29, 1.82) is 0 Å². The summed E-state index contributed by atoms with van der Waals surface area (Å²) in [5.41, 5.74) is 1.70. The number of ether oxygens (including phenoxy) is 1. The highest BCUT2D eigenvalue weighted by molar-refractivity contribution is 5.65. The first-order chi connectivity index (χ1) is 12.8. The van der Waals surface area contributed by atoms with Crippen molar-refractivity contribution in [3.8, 4) is 28.7 Å². The van der Waals surface area contributed by atoms with E-state index in [4.69, 9.17) is 0 Å². The maximum absolute atomic E-state index is 14.3. The van der Waals surface area contributed by atoms with Gasteiger partial charge in [0.15, 0.2) is 0 Å². The topological polar surface area (TPSA) is 9.23 Å². The molecule has 0 saturated carbocycles. The molecule has 0 spiro atoms. The highest BCUT2D eigenvalue weighted by Crippen LogP contribution is 2.24. The van der Waals surface area contributed by atoms with Crippen LogP contribution in [0.3, 0.4) is 0 Å². The Morgan fingerprint density at radius 2 is 1.30 bits per heavy atom. The average Bonchev–Trinajstić information content (AvgIpc) is 2.61. The Morgan fingerprint density at radius 1 is 0.704 bits per heavy atom. The largest absolute Gasteiger partial charge is 0.573 e. The third-order valence-corrected chi connectivity index (χ3v) is 3.56. The molecular formula is C21H11F5O. The minimum Gasteiger partial charge on any atom is -0.406 e. The molecule has 0 aliphatic rings. The predicted octanol–water partition coefficient (Wildman–Crippen LogP) is 5.93. The van der Waals surface area contributed by atoms with Gasteiger partial charge in [-0.3, -0.25) is 0 Å². The van der Waals surface area contributed by atoms with Crippen LogP contribution in [-0.4, -0.2) is 6.36 Å². The molecule has 0 heterocycles. The molecule has 1 nitrogen and oxygen atoms in total. The molecule has 0 atom stereocenters. The summed E-state index contributed by atoms with van der Waals surface area (Å²) in [4.78, 5) is 0. The van der Waals surface area contributed by atoms with Crippen molar-refractivity contribution < 1.29 is 26.7 Å². The van der Waals surface area contributed by atoms with Crippen LogP contribution in [0.4, 0.5) is 22.0 Å². The maximum Gasteiger partial charge on any atom is 0.573 e. The van der Waals surface area contributed by atoms with Crippen LogP contribution in [0.5, 0.6) is 5.75 Å². The van der Waals surface area contributed by atoms with Crippen molar-refractivity contribution in [2.24, 2.45) is 0 Å². The van der Waals surface area contributed by atoms with Crippen LogP contribution in [0, 0.1) is 23.5 Å². The number of benzene rings is 3. The summed E-state index contributed by atoms with van der Waals surface area (Å²) in [5, 5.41) is 0. The van der Waals surface area contributed by atoms with Crippen LogP contribution < -0.4 is 4.74 Å². The second-order valence-electron chi connectivity index (χ2n) is 5.52. The molecule has 0 N–H and O–H groups in total. The molecule has 136 valence electrons. The summed E-state index contributed by atoms with van der Waals surface area (Å²) in [7, 11) is 0.